The van der Waals surface area contributed by atoms with Crippen molar-refractivity contribution in [2.75, 3.05) is 5.32 Å². The molecular formula is C17H21N5OS. The number of carbonyl (C=O) groups excluding carboxylic acids is 1. The van der Waals surface area contributed by atoms with Crippen LogP contribution in [0.3, 0.4) is 0 Å². The molecule has 0 bridgehead atoms. The van der Waals surface area contributed by atoms with Crippen molar-refractivity contribution in [3.05, 3.63) is 29.6 Å². The van der Waals surface area contributed by atoms with Gasteiger partial charge in [-0.1, -0.05) is 51.2 Å². The third kappa shape index (κ3) is 3.03. The Bertz CT molecular complexity index is 903. The maximum Gasteiger partial charge on any atom is 0.234 e. The highest BCUT2D eigenvalue weighted by Crippen LogP contribution is 2.30. The maximum absolute atomic E-state index is 12.3. The van der Waals surface area contributed by atoms with Gasteiger partial charge in [0.05, 0.1) is 0 Å². The summed E-state index contributed by atoms with van der Waals surface area (Å²) in [6.07, 6.45) is 0.783. The van der Waals surface area contributed by atoms with E-state index in [-0.39, 0.29) is 5.91 Å². The van der Waals surface area contributed by atoms with E-state index < -0.39 is 5.41 Å². The van der Waals surface area contributed by atoms with Gasteiger partial charge in [0.25, 0.3) is 0 Å². The molecule has 2 heterocycles. The quantitative estimate of drug-likeness (QED) is 0.787. The Morgan fingerprint density at radius 2 is 2.04 bits per heavy atom. The number of rotatable bonds is 3. The molecule has 0 aliphatic heterocycles. The van der Waals surface area contributed by atoms with Crippen molar-refractivity contribution in [2.45, 2.75) is 41.0 Å². The molecule has 0 radical (unpaired) electrons. The molecule has 3 aromatic rings. The first-order chi connectivity index (χ1) is 11.3. The van der Waals surface area contributed by atoms with E-state index in [1.807, 2.05) is 52.8 Å². The average molecular weight is 343 g/mol. The zero-order chi connectivity index (χ0) is 17.5. The molecule has 1 N–H and O–H groups in total. The normalized spacial score (nSPS) is 11.9. The molecule has 1 aromatic carbocycles. The van der Waals surface area contributed by atoms with Crippen LogP contribution in [-0.2, 0) is 11.2 Å². The highest BCUT2D eigenvalue weighted by atomic mass is 32.1. The van der Waals surface area contributed by atoms with Gasteiger partial charge < -0.3 is 5.32 Å². The molecule has 3 rings (SSSR count). The standard InChI is InChI=1S/C17H21N5OS/c1-6-13-19-20-16-22(13)21-14(24-16)11-8-7-10(2)12(9-11)18-15(23)17(3,4)5/h7-9H,6H2,1-5H3,(H,18,23). The molecule has 0 saturated carbocycles. The summed E-state index contributed by atoms with van der Waals surface area (Å²) in [7, 11) is 0. The maximum atomic E-state index is 12.3. The molecule has 1 amide bonds. The van der Waals surface area contributed by atoms with Gasteiger partial charge in [-0.25, -0.2) is 0 Å². The summed E-state index contributed by atoms with van der Waals surface area (Å²) in [5.74, 6) is 0.843. The number of amides is 1. The Kier molecular flexibility index (Phi) is 4.13. The van der Waals surface area contributed by atoms with E-state index in [2.05, 4.69) is 20.6 Å². The Morgan fingerprint density at radius 3 is 2.71 bits per heavy atom. The van der Waals surface area contributed by atoms with Crippen LogP contribution in [0.1, 0.15) is 39.1 Å². The molecular weight excluding hydrogens is 322 g/mol. The van der Waals surface area contributed by atoms with E-state index in [9.17, 15) is 4.79 Å². The fourth-order valence-corrected chi connectivity index (χ4v) is 3.05. The first-order valence-electron chi connectivity index (χ1n) is 7.93. The van der Waals surface area contributed by atoms with Crippen molar-refractivity contribution in [1.82, 2.24) is 19.8 Å². The van der Waals surface area contributed by atoms with Crippen molar-refractivity contribution in [3.63, 3.8) is 0 Å². The highest BCUT2D eigenvalue weighted by Gasteiger charge is 2.22. The molecule has 0 spiro atoms. The van der Waals surface area contributed by atoms with Gasteiger partial charge in [0.1, 0.15) is 5.01 Å². The van der Waals surface area contributed by atoms with Crippen LogP contribution in [0.5, 0.6) is 0 Å². The van der Waals surface area contributed by atoms with Crippen LogP contribution in [0.4, 0.5) is 5.69 Å². The fourth-order valence-electron chi connectivity index (χ4n) is 2.19. The Hall–Kier alpha value is -2.28. The van der Waals surface area contributed by atoms with Gasteiger partial charge in [-0.15, -0.1) is 10.2 Å². The number of nitrogens with zero attached hydrogens (tertiary/aromatic N) is 4. The average Bonchev–Trinajstić information content (AvgIpc) is 3.08. The van der Waals surface area contributed by atoms with Gasteiger partial charge in [0, 0.05) is 23.1 Å². The smallest absolute Gasteiger partial charge is 0.234 e. The zero-order valence-corrected chi connectivity index (χ0v) is 15.4. The number of benzene rings is 1. The molecule has 7 heteroatoms. The number of aryl methyl sites for hydroxylation is 2. The fraction of sp³-hybridized carbons (Fsp3) is 0.412. The number of nitrogens with one attached hydrogen (secondary N) is 1. The topological polar surface area (TPSA) is 72.2 Å². The molecule has 6 nitrogen and oxygen atoms in total. The Balaban J connectivity index is 1.97. The van der Waals surface area contributed by atoms with E-state index in [0.717, 1.165) is 39.0 Å². The lowest BCUT2D eigenvalue weighted by atomic mass is 9.95. The molecule has 0 aliphatic rings. The van der Waals surface area contributed by atoms with Crippen LogP contribution in [0.15, 0.2) is 18.2 Å². The monoisotopic (exact) mass is 343 g/mol. The van der Waals surface area contributed by atoms with E-state index in [1.165, 1.54) is 11.3 Å². The second-order valence-corrected chi connectivity index (χ2v) is 7.76. The Morgan fingerprint density at radius 1 is 1.29 bits per heavy atom. The van der Waals surface area contributed by atoms with Gasteiger partial charge in [0.15, 0.2) is 5.82 Å². The molecule has 0 fully saturated rings. The van der Waals surface area contributed by atoms with E-state index in [1.54, 1.807) is 4.52 Å². The zero-order valence-electron chi connectivity index (χ0n) is 14.5. The van der Waals surface area contributed by atoms with Gasteiger partial charge in [-0.05, 0) is 18.6 Å². The van der Waals surface area contributed by atoms with Crippen molar-refractivity contribution < 1.29 is 4.79 Å². The second kappa shape index (κ2) is 5.98. The van der Waals surface area contributed by atoms with Gasteiger partial charge >= 0.3 is 0 Å². The number of aromatic nitrogens is 4. The number of hydrogen-bond donors (Lipinski definition) is 1. The minimum absolute atomic E-state index is 0.00541. The minimum atomic E-state index is -0.438. The minimum Gasteiger partial charge on any atom is -0.325 e. The first-order valence-corrected chi connectivity index (χ1v) is 8.75. The van der Waals surface area contributed by atoms with Gasteiger partial charge in [-0.3, -0.25) is 4.79 Å². The van der Waals surface area contributed by atoms with Crippen molar-refractivity contribution >= 4 is 27.9 Å². The largest absolute Gasteiger partial charge is 0.325 e. The van der Waals surface area contributed by atoms with Crippen LogP contribution in [0.25, 0.3) is 15.5 Å². The van der Waals surface area contributed by atoms with Gasteiger partial charge in [-0.2, -0.15) is 9.61 Å². The lowest BCUT2D eigenvalue weighted by Gasteiger charge is -2.19. The number of anilines is 1. The molecule has 126 valence electrons. The SMILES string of the molecule is CCc1nnc2sc(-c3ccc(C)c(NC(=O)C(C)(C)C)c3)nn12. The molecule has 24 heavy (non-hydrogen) atoms. The molecule has 0 aliphatic carbocycles. The molecule has 0 unspecified atom stereocenters. The van der Waals surface area contributed by atoms with Crippen LogP contribution in [-0.4, -0.2) is 25.7 Å². The van der Waals surface area contributed by atoms with Crippen molar-refractivity contribution in [1.29, 1.82) is 0 Å². The van der Waals surface area contributed by atoms with Crippen molar-refractivity contribution in [3.8, 4) is 10.6 Å². The highest BCUT2D eigenvalue weighted by molar-refractivity contribution is 7.19. The summed E-state index contributed by atoms with van der Waals surface area (Å²) < 4.78 is 1.78. The lowest BCUT2D eigenvalue weighted by molar-refractivity contribution is -0.123. The second-order valence-electron chi connectivity index (χ2n) is 6.81. The summed E-state index contributed by atoms with van der Waals surface area (Å²) in [6, 6.07) is 5.98. The lowest BCUT2D eigenvalue weighted by Crippen LogP contribution is -2.27. The van der Waals surface area contributed by atoms with E-state index in [4.69, 9.17) is 0 Å². The summed E-state index contributed by atoms with van der Waals surface area (Å²) in [6.45, 7) is 9.71. The third-order valence-corrected chi connectivity index (χ3v) is 4.73. The van der Waals surface area contributed by atoms with E-state index >= 15 is 0 Å². The molecule has 0 atom stereocenters. The predicted octanol–water partition coefficient (Wildman–Crippen LogP) is 3.71. The van der Waals surface area contributed by atoms with Crippen molar-refractivity contribution in [2.24, 2.45) is 5.41 Å². The summed E-state index contributed by atoms with van der Waals surface area (Å²) >= 11 is 1.49. The first kappa shape index (κ1) is 16.6. The van der Waals surface area contributed by atoms with Crippen LogP contribution in [0.2, 0.25) is 0 Å². The molecule has 2 aromatic heterocycles. The summed E-state index contributed by atoms with van der Waals surface area (Å²) in [5, 5.41) is 16.8. The summed E-state index contributed by atoms with van der Waals surface area (Å²) in [5.41, 5.74) is 2.36. The van der Waals surface area contributed by atoms with E-state index in [0.29, 0.717) is 0 Å². The third-order valence-electron chi connectivity index (χ3n) is 3.79. The van der Waals surface area contributed by atoms with Crippen LogP contribution >= 0.6 is 11.3 Å². The van der Waals surface area contributed by atoms with Crippen LogP contribution in [0, 0.1) is 12.3 Å². The number of hydrogen-bond acceptors (Lipinski definition) is 5. The number of carbonyl (C=O) groups is 1. The predicted molar refractivity (Wildman–Crippen MR) is 96.3 cm³/mol. The Labute approximate surface area is 144 Å². The molecule has 0 saturated heterocycles. The van der Waals surface area contributed by atoms with Gasteiger partial charge in [0.2, 0.25) is 10.9 Å². The summed E-state index contributed by atoms with van der Waals surface area (Å²) in [4.78, 5) is 13.1. The number of fused-ring (bicyclic) bond motifs is 1. The van der Waals surface area contributed by atoms with Crippen LogP contribution < -0.4 is 5.32 Å².